The molecule has 0 bridgehead atoms. The van der Waals surface area contributed by atoms with Crippen LogP contribution in [0.1, 0.15) is 43.7 Å². The molecule has 0 saturated carbocycles. The van der Waals surface area contributed by atoms with E-state index in [4.69, 9.17) is 5.73 Å². The fourth-order valence-electron chi connectivity index (χ4n) is 3.82. The molecular weight excluding hydrogens is 475 g/mol. The summed E-state index contributed by atoms with van der Waals surface area (Å²) in [6.07, 6.45) is -7.62. The summed E-state index contributed by atoms with van der Waals surface area (Å²) in [5.41, 5.74) is 7.99. The van der Waals surface area contributed by atoms with Gasteiger partial charge >= 0.3 is 6.18 Å². The van der Waals surface area contributed by atoms with Crippen molar-refractivity contribution in [2.45, 2.75) is 44.9 Å². The second-order valence-corrected chi connectivity index (χ2v) is 8.42. The van der Waals surface area contributed by atoms with E-state index in [0.29, 0.717) is 34.8 Å². The van der Waals surface area contributed by atoms with Gasteiger partial charge in [-0.3, -0.25) is 14.4 Å². The minimum Gasteiger partial charge on any atom is -0.383 e. The summed E-state index contributed by atoms with van der Waals surface area (Å²) in [5.74, 6) is -3.87. The molecule has 1 aliphatic heterocycles. The number of carbonyl (C=O) groups is 3. The van der Waals surface area contributed by atoms with Crippen LogP contribution in [0.15, 0.2) is 53.5 Å². The molecule has 2 aromatic carbocycles. The van der Waals surface area contributed by atoms with E-state index in [9.17, 15) is 27.6 Å². The van der Waals surface area contributed by atoms with Gasteiger partial charge in [-0.2, -0.15) is 13.2 Å². The molecule has 0 saturated heterocycles. The van der Waals surface area contributed by atoms with E-state index in [2.05, 4.69) is 20.9 Å². The molecule has 0 radical (unpaired) electrons. The molecule has 1 aliphatic rings. The number of primary amides is 1. The Morgan fingerprint density at radius 1 is 1.14 bits per heavy atom. The zero-order chi connectivity index (χ0) is 26.3. The Morgan fingerprint density at radius 2 is 1.86 bits per heavy atom. The van der Waals surface area contributed by atoms with Gasteiger partial charge in [0.15, 0.2) is 0 Å². The predicted octanol–water partition coefficient (Wildman–Crippen LogP) is 3.57. The van der Waals surface area contributed by atoms with Gasteiger partial charge in [0.1, 0.15) is 0 Å². The van der Waals surface area contributed by atoms with E-state index in [-0.39, 0.29) is 0 Å². The van der Waals surface area contributed by atoms with Gasteiger partial charge in [-0.1, -0.05) is 49.4 Å². The van der Waals surface area contributed by atoms with Crippen LogP contribution in [0.5, 0.6) is 0 Å². The number of para-hydroxylation sites is 1. The summed E-state index contributed by atoms with van der Waals surface area (Å²) in [7, 11) is 0. The first-order chi connectivity index (χ1) is 17.1. The molecule has 5 N–H and O–H groups in total. The Labute approximate surface area is 206 Å². The van der Waals surface area contributed by atoms with Crippen LogP contribution in [-0.4, -0.2) is 42.3 Å². The van der Waals surface area contributed by atoms with Crippen molar-refractivity contribution in [3.8, 4) is 0 Å². The number of benzodiazepines with no additional fused rings is 1. The number of hydrogen-bond donors (Lipinski definition) is 4. The number of anilines is 2. The number of halogens is 3. The second kappa shape index (κ2) is 11.7. The smallest absolute Gasteiger partial charge is 0.383 e. The van der Waals surface area contributed by atoms with Gasteiger partial charge in [0.2, 0.25) is 18.0 Å². The Balaban J connectivity index is 1.97. The van der Waals surface area contributed by atoms with Crippen molar-refractivity contribution in [3.05, 3.63) is 59.7 Å². The number of carbonyl (C=O) groups excluding carboxylic acids is 3. The van der Waals surface area contributed by atoms with Gasteiger partial charge in [-0.25, -0.2) is 4.99 Å². The van der Waals surface area contributed by atoms with Crippen molar-refractivity contribution in [1.82, 2.24) is 5.32 Å². The molecule has 192 valence electrons. The molecule has 2 aromatic rings. The van der Waals surface area contributed by atoms with E-state index >= 15 is 0 Å². The van der Waals surface area contributed by atoms with Crippen LogP contribution in [0.25, 0.3) is 0 Å². The number of aliphatic imine (C=N–C) groups is 1. The van der Waals surface area contributed by atoms with Gasteiger partial charge in [0, 0.05) is 36.4 Å². The quantitative estimate of drug-likeness (QED) is 0.395. The van der Waals surface area contributed by atoms with Gasteiger partial charge in [0.25, 0.3) is 5.91 Å². The third-order valence-electron chi connectivity index (χ3n) is 5.56. The van der Waals surface area contributed by atoms with Crippen LogP contribution < -0.4 is 21.7 Å². The van der Waals surface area contributed by atoms with Crippen molar-refractivity contribution >= 4 is 34.8 Å². The highest BCUT2D eigenvalue weighted by molar-refractivity contribution is 6.21. The highest BCUT2D eigenvalue weighted by Crippen LogP contribution is 2.31. The maximum absolute atomic E-state index is 13.1. The van der Waals surface area contributed by atoms with Gasteiger partial charge in [-0.15, -0.1) is 0 Å². The third-order valence-corrected chi connectivity index (χ3v) is 5.56. The lowest BCUT2D eigenvalue weighted by Gasteiger charge is -2.19. The molecule has 8 nitrogen and oxygen atoms in total. The Morgan fingerprint density at radius 3 is 2.50 bits per heavy atom. The maximum Gasteiger partial charge on any atom is 0.389 e. The molecule has 0 fully saturated rings. The van der Waals surface area contributed by atoms with Crippen LogP contribution in [0, 0.1) is 5.92 Å². The zero-order valence-corrected chi connectivity index (χ0v) is 19.7. The van der Waals surface area contributed by atoms with E-state index in [1.807, 2.05) is 13.0 Å². The van der Waals surface area contributed by atoms with Crippen LogP contribution in [0.3, 0.4) is 0 Å². The summed E-state index contributed by atoms with van der Waals surface area (Å²) in [5, 5.41) is 8.46. The fraction of sp³-hybridized carbons (Fsp3) is 0.360. The largest absolute Gasteiger partial charge is 0.389 e. The number of fused-ring (bicyclic) bond motifs is 1. The number of nitrogens with two attached hydrogens (primary N) is 1. The normalized spacial score (nSPS) is 16.2. The first-order valence-electron chi connectivity index (χ1n) is 11.6. The molecule has 2 atom stereocenters. The lowest BCUT2D eigenvalue weighted by molar-refractivity contribution is -0.143. The average molecular weight is 504 g/mol. The van der Waals surface area contributed by atoms with E-state index in [1.54, 1.807) is 42.5 Å². The van der Waals surface area contributed by atoms with Gasteiger partial charge < -0.3 is 21.7 Å². The average Bonchev–Trinajstić information content (AvgIpc) is 2.96. The van der Waals surface area contributed by atoms with Crippen molar-refractivity contribution in [2.75, 3.05) is 17.2 Å². The molecule has 0 spiro atoms. The number of nitrogens with zero attached hydrogens (tertiary/aromatic N) is 1. The Bertz CT molecular complexity index is 1140. The topological polar surface area (TPSA) is 126 Å². The fourth-order valence-corrected chi connectivity index (χ4v) is 3.82. The van der Waals surface area contributed by atoms with Crippen molar-refractivity contribution in [3.63, 3.8) is 0 Å². The van der Waals surface area contributed by atoms with E-state index in [1.165, 1.54) is 0 Å². The monoisotopic (exact) mass is 503 g/mol. The number of benzene rings is 2. The third kappa shape index (κ3) is 7.06. The van der Waals surface area contributed by atoms with Crippen molar-refractivity contribution in [2.24, 2.45) is 16.6 Å². The molecule has 11 heteroatoms. The van der Waals surface area contributed by atoms with Crippen LogP contribution in [0.2, 0.25) is 0 Å². The molecule has 1 heterocycles. The number of amides is 3. The summed E-state index contributed by atoms with van der Waals surface area (Å²) in [6, 6.07) is 14.4. The number of alkyl halides is 3. The molecule has 36 heavy (non-hydrogen) atoms. The van der Waals surface area contributed by atoms with Crippen LogP contribution in [0.4, 0.5) is 24.5 Å². The standard InChI is InChI=1S/C25H28F3N5O3/c1-2-13-30-18-10-6-9-17-20(15-7-4-3-5-8-15)31-22(24(36)32-21(17)18)33-23(35)16(14-19(29)34)11-12-25(26,27)28/h3-10,16,22,30H,2,11-14H2,1H3,(H2,29,34)(H,32,36)(H,33,35). The molecule has 3 rings (SSSR count). The minimum atomic E-state index is -4.52. The summed E-state index contributed by atoms with van der Waals surface area (Å²) < 4.78 is 38.3. The number of nitrogens with one attached hydrogen (secondary N) is 3. The molecule has 0 aliphatic carbocycles. The Hall–Kier alpha value is -3.89. The minimum absolute atomic E-state index is 0.413. The van der Waals surface area contributed by atoms with Crippen LogP contribution in [-0.2, 0) is 14.4 Å². The SMILES string of the molecule is CCCNc1cccc2c1NC(=O)C(NC(=O)C(CCC(F)(F)F)CC(N)=O)N=C2c1ccccc1. The second-order valence-electron chi connectivity index (χ2n) is 8.42. The molecular formula is C25H28F3N5O3. The van der Waals surface area contributed by atoms with Gasteiger partial charge in [0.05, 0.1) is 17.1 Å². The lowest BCUT2D eigenvalue weighted by atomic mass is 9.97. The van der Waals surface area contributed by atoms with Crippen molar-refractivity contribution in [1.29, 1.82) is 0 Å². The summed E-state index contributed by atoms with van der Waals surface area (Å²) in [4.78, 5) is 42.0. The predicted molar refractivity (Wildman–Crippen MR) is 130 cm³/mol. The summed E-state index contributed by atoms with van der Waals surface area (Å²) in [6.45, 7) is 2.65. The molecule has 0 aromatic heterocycles. The first-order valence-corrected chi connectivity index (χ1v) is 11.6. The van der Waals surface area contributed by atoms with Gasteiger partial charge in [-0.05, 0) is 18.9 Å². The number of rotatable bonds is 10. The van der Waals surface area contributed by atoms with E-state index < -0.39 is 55.2 Å². The van der Waals surface area contributed by atoms with Crippen molar-refractivity contribution < 1.29 is 27.6 Å². The summed E-state index contributed by atoms with van der Waals surface area (Å²) >= 11 is 0. The lowest BCUT2D eigenvalue weighted by Crippen LogP contribution is -2.45. The first kappa shape index (κ1) is 26.7. The number of hydrogen-bond acceptors (Lipinski definition) is 5. The molecule has 3 amide bonds. The highest BCUT2D eigenvalue weighted by atomic mass is 19.4. The Kier molecular flexibility index (Phi) is 8.68. The molecule has 2 unspecified atom stereocenters. The van der Waals surface area contributed by atoms with E-state index in [0.717, 1.165) is 6.42 Å². The highest BCUT2D eigenvalue weighted by Gasteiger charge is 2.34. The zero-order valence-electron chi connectivity index (χ0n) is 19.7. The maximum atomic E-state index is 13.1. The van der Waals surface area contributed by atoms with Crippen LogP contribution >= 0.6 is 0 Å².